The van der Waals surface area contributed by atoms with E-state index in [1.54, 1.807) is 0 Å². The Bertz CT molecular complexity index is 633. The molecule has 124 valence electrons. The van der Waals surface area contributed by atoms with E-state index in [-0.39, 0.29) is 6.10 Å². The van der Waals surface area contributed by atoms with Gasteiger partial charge in [0.1, 0.15) is 5.75 Å². The molecule has 1 aromatic rings. The lowest BCUT2D eigenvalue weighted by atomic mass is 10.1. The molecule has 0 aliphatic rings. The Labute approximate surface area is 141 Å². The van der Waals surface area contributed by atoms with Crippen molar-refractivity contribution in [2.45, 2.75) is 47.6 Å². The van der Waals surface area contributed by atoms with Crippen molar-refractivity contribution in [3.8, 4) is 5.75 Å². The van der Waals surface area contributed by atoms with Crippen molar-refractivity contribution in [1.82, 2.24) is 0 Å². The topological polar surface area (TPSA) is 21.3 Å². The lowest BCUT2D eigenvalue weighted by Gasteiger charge is -2.18. The van der Waals surface area contributed by atoms with Gasteiger partial charge in [0.05, 0.1) is 11.8 Å². The molecule has 0 radical (unpaired) electrons. The molecule has 0 heterocycles. The summed E-state index contributed by atoms with van der Waals surface area (Å²) in [6.07, 6.45) is 8.22. The number of ether oxygens (including phenoxy) is 1. The SMILES string of the molecule is C=C(/C=C\C)/C(C)=C(\C=C/C)Nc1ccc(C)cc1OC(C)C. The fraction of sp³-hybridized carbons (Fsp3) is 0.333. The zero-order chi connectivity index (χ0) is 17.4. The normalized spacial score (nSPS) is 12.8. The fourth-order valence-electron chi connectivity index (χ4n) is 2.16. The van der Waals surface area contributed by atoms with Crippen LogP contribution in [0, 0.1) is 6.92 Å². The van der Waals surface area contributed by atoms with Gasteiger partial charge >= 0.3 is 0 Å². The van der Waals surface area contributed by atoms with Crippen LogP contribution in [0.25, 0.3) is 0 Å². The molecule has 0 saturated heterocycles. The van der Waals surface area contributed by atoms with Crippen LogP contribution in [0.1, 0.15) is 40.2 Å². The van der Waals surface area contributed by atoms with Gasteiger partial charge in [-0.05, 0) is 76.5 Å². The van der Waals surface area contributed by atoms with Crippen LogP contribution in [0.5, 0.6) is 5.75 Å². The molecule has 0 saturated carbocycles. The third kappa shape index (κ3) is 5.82. The molecular weight excluding hydrogens is 282 g/mol. The largest absolute Gasteiger partial charge is 0.489 e. The van der Waals surface area contributed by atoms with Crippen LogP contribution in [-0.2, 0) is 0 Å². The molecule has 0 aromatic heterocycles. The van der Waals surface area contributed by atoms with Gasteiger partial charge in [-0.25, -0.2) is 0 Å². The molecule has 0 spiro atoms. The Kier molecular flexibility index (Phi) is 7.40. The number of allylic oxidation sites excluding steroid dienone is 6. The molecule has 0 aliphatic heterocycles. The Morgan fingerprint density at radius 1 is 1.17 bits per heavy atom. The van der Waals surface area contributed by atoms with Gasteiger partial charge in [0.15, 0.2) is 0 Å². The molecule has 0 aliphatic carbocycles. The first-order valence-corrected chi connectivity index (χ1v) is 8.08. The average Bonchev–Trinajstić information content (AvgIpc) is 2.48. The number of rotatable bonds is 7. The first-order chi connectivity index (χ1) is 10.9. The van der Waals surface area contributed by atoms with Gasteiger partial charge in [-0.2, -0.15) is 0 Å². The van der Waals surface area contributed by atoms with Gasteiger partial charge in [-0.1, -0.05) is 30.9 Å². The van der Waals surface area contributed by atoms with E-state index in [0.29, 0.717) is 0 Å². The van der Waals surface area contributed by atoms with Crippen molar-refractivity contribution in [2.24, 2.45) is 0 Å². The highest BCUT2D eigenvalue weighted by Crippen LogP contribution is 2.29. The Balaban J connectivity index is 3.24. The van der Waals surface area contributed by atoms with Gasteiger partial charge in [0.2, 0.25) is 0 Å². The van der Waals surface area contributed by atoms with E-state index in [9.17, 15) is 0 Å². The summed E-state index contributed by atoms with van der Waals surface area (Å²) in [4.78, 5) is 0. The summed E-state index contributed by atoms with van der Waals surface area (Å²) in [5, 5.41) is 3.49. The highest BCUT2D eigenvalue weighted by Gasteiger charge is 2.09. The van der Waals surface area contributed by atoms with Gasteiger partial charge in [-0.3, -0.25) is 0 Å². The number of hydrogen-bond donors (Lipinski definition) is 1. The Hall–Kier alpha value is -2.22. The van der Waals surface area contributed by atoms with Crippen LogP contribution in [0.4, 0.5) is 5.69 Å². The van der Waals surface area contributed by atoms with E-state index < -0.39 is 0 Å². The molecule has 0 unspecified atom stereocenters. The van der Waals surface area contributed by atoms with Crippen LogP contribution in [0.3, 0.4) is 0 Å². The molecule has 0 bridgehead atoms. The first-order valence-electron chi connectivity index (χ1n) is 8.08. The summed E-state index contributed by atoms with van der Waals surface area (Å²) in [5.41, 5.74) is 5.26. The zero-order valence-electron chi connectivity index (χ0n) is 15.2. The lowest BCUT2D eigenvalue weighted by molar-refractivity contribution is 0.243. The van der Waals surface area contributed by atoms with Crippen molar-refractivity contribution in [2.75, 3.05) is 5.32 Å². The van der Waals surface area contributed by atoms with Crippen molar-refractivity contribution in [1.29, 1.82) is 0 Å². The van der Waals surface area contributed by atoms with Gasteiger partial charge in [0.25, 0.3) is 0 Å². The second kappa shape index (κ2) is 9.04. The van der Waals surface area contributed by atoms with E-state index in [4.69, 9.17) is 4.74 Å². The standard InChI is InChI=1S/C21H29NO/c1-8-10-17(6)18(7)19(11-9-2)22-20-13-12-16(5)14-21(20)23-15(3)4/h8-15,22H,6H2,1-5,7H3/b10-8-,11-9-,19-18+. The van der Waals surface area contributed by atoms with Crippen molar-refractivity contribution < 1.29 is 4.74 Å². The predicted octanol–water partition coefficient (Wildman–Crippen LogP) is 6.18. The van der Waals surface area contributed by atoms with E-state index in [1.165, 1.54) is 5.56 Å². The maximum absolute atomic E-state index is 5.95. The second-order valence-corrected chi connectivity index (χ2v) is 5.86. The van der Waals surface area contributed by atoms with Gasteiger partial charge < -0.3 is 10.1 Å². The second-order valence-electron chi connectivity index (χ2n) is 5.86. The van der Waals surface area contributed by atoms with E-state index in [1.807, 2.05) is 45.9 Å². The molecule has 1 rings (SSSR count). The van der Waals surface area contributed by atoms with E-state index in [2.05, 4.69) is 50.0 Å². The third-order valence-corrected chi connectivity index (χ3v) is 3.36. The van der Waals surface area contributed by atoms with E-state index in [0.717, 1.165) is 28.3 Å². The molecule has 2 nitrogen and oxygen atoms in total. The average molecular weight is 311 g/mol. The Morgan fingerprint density at radius 3 is 2.39 bits per heavy atom. The molecule has 23 heavy (non-hydrogen) atoms. The van der Waals surface area contributed by atoms with Crippen LogP contribution >= 0.6 is 0 Å². The summed E-state index contributed by atoms with van der Waals surface area (Å²) in [6.45, 7) is 16.3. The molecule has 0 amide bonds. The van der Waals surface area contributed by atoms with E-state index >= 15 is 0 Å². The van der Waals surface area contributed by atoms with Crippen LogP contribution < -0.4 is 10.1 Å². The summed E-state index contributed by atoms with van der Waals surface area (Å²) < 4.78 is 5.95. The molecule has 0 fully saturated rings. The summed E-state index contributed by atoms with van der Waals surface area (Å²) in [7, 11) is 0. The quantitative estimate of drug-likeness (QED) is 0.607. The number of hydrogen-bond acceptors (Lipinski definition) is 2. The number of benzene rings is 1. The monoisotopic (exact) mass is 311 g/mol. The third-order valence-electron chi connectivity index (χ3n) is 3.36. The number of aryl methyl sites for hydroxylation is 1. The molecular formula is C21H29NO. The minimum absolute atomic E-state index is 0.130. The first kappa shape index (κ1) is 18.8. The van der Waals surface area contributed by atoms with Crippen LogP contribution in [-0.4, -0.2) is 6.10 Å². The Morgan fingerprint density at radius 2 is 1.83 bits per heavy atom. The van der Waals surface area contributed by atoms with Crippen molar-refractivity contribution in [3.05, 3.63) is 71.5 Å². The summed E-state index contributed by atoms with van der Waals surface area (Å²) >= 11 is 0. The molecule has 0 atom stereocenters. The minimum atomic E-state index is 0.130. The van der Waals surface area contributed by atoms with Gasteiger partial charge in [0, 0.05) is 5.70 Å². The smallest absolute Gasteiger partial charge is 0.143 e. The predicted molar refractivity (Wildman–Crippen MR) is 102 cm³/mol. The zero-order valence-corrected chi connectivity index (χ0v) is 15.2. The van der Waals surface area contributed by atoms with Crippen LogP contribution in [0.15, 0.2) is 65.9 Å². The molecule has 1 N–H and O–H groups in total. The number of anilines is 1. The number of nitrogens with one attached hydrogen (secondary N) is 1. The van der Waals surface area contributed by atoms with Crippen molar-refractivity contribution >= 4 is 5.69 Å². The molecule has 2 heteroatoms. The summed E-state index contributed by atoms with van der Waals surface area (Å²) in [5.74, 6) is 0.867. The maximum Gasteiger partial charge on any atom is 0.143 e. The fourth-order valence-corrected chi connectivity index (χ4v) is 2.16. The lowest BCUT2D eigenvalue weighted by Crippen LogP contribution is -2.09. The minimum Gasteiger partial charge on any atom is -0.489 e. The molecule has 1 aromatic carbocycles. The highest BCUT2D eigenvalue weighted by molar-refractivity contribution is 5.63. The maximum atomic E-state index is 5.95. The van der Waals surface area contributed by atoms with Crippen molar-refractivity contribution in [3.63, 3.8) is 0 Å². The van der Waals surface area contributed by atoms with Crippen LogP contribution in [0.2, 0.25) is 0 Å². The van der Waals surface area contributed by atoms with Gasteiger partial charge in [-0.15, -0.1) is 0 Å². The summed E-state index contributed by atoms with van der Waals surface area (Å²) in [6, 6.07) is 6.20. The highest BCUT2D eigenvalue weighted by atomic mass is 16.5.